The number of rotatable bonds is 4. The van der Waals surface area contributed by atoms with Gasteiger partial charge in [0, 0.05) is 6.61 Å². The molecule has 0 amide bonds. The van der Waals surface area contributed by atoms with Crippen molar-refractivity contribution in [2.24, 2.45) is 5.92 Å². The first-order valence-electron chi connectivity index (χ1n) is 8.10. The molecule has 1 aliphatic carbocycles. The Labute approximate surface area is 127 Å². The second-order valence-electron chi connectivity index (χ2n) is 6.55. The summed E-state index contributed by atoms with van der Waals surface area (Å²) in [5.41, 5.74) is 1.51. The van der Waals surface area contributed by atoms with Gasteiger partial charge in [-0.15, -0.1) is 11.6 Å². The van der Waals surface area contributed by atoms with Gasteiger partial charge in [0.15, 0.2) is 0 Å². The Morgan fingerprint density at radius 3 is 2.70 bits per heavy atom. The van der Waals surface area contributed by atoms with Crippen LogP contribution in [-0.2, 0) is 4.74 Å². The smallest absolute Gasteiger partial charge is 0.0685 e. The lowest BCUT2D eigenvalue weighted by Crippen LogP contribution is -2.37. The van der Waals surface area contributed by atoms with E-state index in [0.29, 0.717) is 0 Å². The van der Waals surface area contributed by atoms with Crippen LogP contribution in [-0.4, -0.2) is 12.2 Å². The summed E-state index contributed by atoms with van der Waals surface area (Å²) in [6.07, 6.45) is 10.1. The van der Waals surface area contributed by atoms with Gasteiger partial charge in [0.25, 0.3) is 0 Å². The Hall–Kier alpha value is -0.530. The zero-order chi connectivity index (χ0) is 13.8. The van der Waals surface area contributed by atoms with Crippen LogP contribution in [0.25, 0.3) is 0 Å². The lowest BCUT2D eigenvalue weighted by molar-refractivity contribution is -0.0938. The van der Waals surface area contributed by atoms with Crippen LogP contribution in [0.3, 0.4) is 0 Å². The SMILES string of the molecule is ClC(CCC1CCOC2(CCCC2)C1)c1ccccc1. The molecule has 2 heteroatoms. The molecule has 0 bridgehead atoms. The van der Waals surface area contributed by atoms with Crippen LogP contribution >= 0.6 is 11.6 Å². The van der Waals surface area contributed by atoms with E-state index in [1.807, 2.05) is 0 Å². The van der Waals surface area contributed by atoms with Gasteiger partial charge in [-0.2, -0.15) is 0 Å². The van der Waals surface area contributed by atoms with Gasteiger partial charge < -0.3 is 4.74 Å². The highest BCUT2D eigenvalue weighted by molar-refractivity contribution is 6.20. The van der Waals surface area contributed by atoms with E-state index in [4.69, 9.17) is 16.3 Å². The molecule has 1 aliphatic heterocycles. The van der Waals surface area contributed by atoms with Crippen LogP contribution in [0.1, 0.15) is 62.3 Å². The molecule has 2 aliphatic rings. The van der Waals surface area contributed by atoms with Crippen LogP contribution < -0.4 is 0 Å². The number of hydrogen-bond donors (Lipinski definition) is 0. The number of hydrogen-bond acceptors (Lipinski definition) is 1. The fraction of sp³-hybridized carbons (Fsp3) is 0.667. The quantitative estimate of drug-likeness (QED) is 0.667. The minimum atomic E-state index is 0.165. The van der Waals surface area contributed by atoms with Crippen molar-refractivity contribution in [3.8, 4) is 0 Å². The third-order valence-electron chi connectivity index (χ3n) is 5.10. The van der Waals surface area contributed by atoms with Gasteiger partial charge in [0.05, 0.1) is 11.0 Å². The zero-order valence-electron chi connectivity index (χ0n) is 12.2. The van der Waals surface area contributed by atoms with E-state index in [0.717, 1.165) is 18.9 Å². The monoisotopic (exact) mass is 292 g/mol. The summed E-state index contributed by atoms with van der Waals surface area (Å²) in [7, 11) is 0. The summed E-state index contributed by atoms with van der Waals surface area (Å²) >= 11 is 6.55. The molecule has 0 aromatic heterocycles. The summed E-state index contributed by atoms with van der Waals surface area (Å²) < 4.78 is 6.12. The largest absolute Gasteiger partial charge is 0.375 e. The summed E-state index contributed by atoms with van der Waals surface area (Å²) in [5.74, 6) is 0.812. The molecule has 1 saturated carbocycles. The van der Waals surface area contributed by atoms with Gasteiger partial charge in [-0.05, 0) is 50.0 Å². The van der Waals surface area contributed by atoms with E-state index in [1.165, 1.54) is 50.5 Å². The van der Waals surface area contributed by atoms with Crippen molar-refractivity contribution in [2.75, 3.05) is 6.61 Å². The van der Waals surface area contributed by atoms with Crippen molar-refractivity contribution in [2.45, 2.75) is 62.3 Å². The van der Waals surface area contributed by atoms with E-state index < -0.39 is 0 Å². The summed E-state index contributed by atoms with van der Waals surface area (Å²) in [6, 6.07) is 10.5. The normalized spacial score (nSPS) is 26.8. The van der Waals surface area contributed by atoms with E-state index in [1.54, 1.807) is 0 Å². The molecule has 1 aromatic carbocycles. The number of benzene rings is 1. The molecule has 1 heterocycles. The van der Waals surface area contributed by atoms with Crippen molar-refractivity contribution in [3.63, 3.8) is 0 Å². The van der Waals surface area contributed by atoms with Crippen molar-refractivity contribution >= 4 is 11.6 Å². The highest BCUT2D eigenvalue weighted by Gasteiger charge is 2.39. The third kappa shape index (κ3) is 3.38. The third-order valence-corrected chi connectivity index (χ3v) is 5.57. The van der Waals surface area contributed by atoms with Crippen LogP contribution in [0.2, 0.25) is 0 Å². The molecule has 0 radical (unpaired) electrons. The molecule has 1 saturated heterocycles. The van der Waals surface area contributed by atoms with Gasteiger partial charge in [0.1, 0.15) is 0 Å². The molecular weight excluding hydrogens is 268 g/mol. The Morgan fingerprint density at radius 1 is 1.20 bits per heavy atom. The minimum absolute atomic E-state index is 0.165. The van der Waals surface area contributed by atoms with E-state index in [2.05, 4.69) is 30.3 Å². The van der Waals surface area contributed by atoms with Gasteiger partial charge in [-0.1, -0.05) is 43.2 Å². The Morgan fingerprint density at radius 2 is 1.95 bits per heavy atom. The van der Waals surface area contributed by atoms with Crippen molar-refractivity contribution in [3.05, 3.63) is 35.9 Å². The lowest BCUT2D eigenvalue weighted by Gasteiger charge is -2.38. The Kier molecular flexibility index (Phi) is 4.68. The first-order valence-corrected chi connectivity index (χ1v) is 8.54. The summed E-state index contributed by atoms with van der Waals surface area (Å²) in [5, 5.41) is 0.165. The second-order valence-corrected chi connectivity index (χ2v) is 7.08. The lowest BCUT2D eigenvalue weighted by atomic mass is 9.82. The van der Waals surface area contributed by atoms with Gasteiger partial charge in [-0.25, -0.2) is 0 Å². The zero-order valence-corrected chi connectivity index (χ0v) is 12.9. The first kappa shape index (κ1) is 14.4. The summed E-state index contributed by atoms with van der Waals surface area (Å²) in [4.78, 5) is 0. The van der Waals surface area contributed by atoms with Crippen molar-refractivity contribution in [1.29, 1.82) is 0 Å². The maximum Gasteiger partial charge on any atom is 0.0685 e. The maximum absolute atomic E-state index is 6.55. The van der Waals surface area contributed by atoms with Crippen LogP contribution in [0.5, 0.6) is 0 Å². The molecular formula is C18H25ClO. The Balaban J connectivity index is 1.51. The van der Waals surface area contributed by atoms with E-state index in [-0.39, 0.29) is 11.0 Å². The molecule has 2 fully saturated rings. The highest BCUT2D eigenvalue weighted by atomic mass is 35.5. The molecule has 3 rings (SSSR count). The van der Waals surface area contributed by atoms with Crippen molar-refractivity contribution < 1.29 is 4.74 Å². The second kappa shape index (κ2) is 6.49. The van der Waals surface area contributed by atoms with Crippen LogP contribution in [0.15, 0.2) is 30.3 Å². The predicted molar refractivity (Wildman–Crippen MR) is 84.1 cm³/mol. The molecule has 1 nitrogen and oxygen atoms in total. The number of ether oxygens (including phenoxy) is 1. The van der Waals surface area contributed by atoms with E-state index >= 15 is 0 Å². The molecule has 2 unspecified atom stereocenters. The number of alkyl halides is 1. The van der Waals surface area contributed by atoms with Crippen molar-refractivity contribution in [1.82, 2.24) is 0 Å². The minimum Gasteiger partial charge on any atom is -0.375 e. The average Bonchev–Trinajstić information content (AvgIpc) is 2.93. The van der Waals surface area contributed by atoms with Gasteiger partial charge >= 0.3 is 0 Å². The fourth-order valence-corrected chi connectivity index (χ4v) is 4.23. The van der Waals surface area contributed by atoms with Gasteiger partial charge in [0.2, 0.25) is 0 Å². The standard InChI is InChI=1S/C18H25ClO/c19-17(16-6-2-1-3-7-16)9-8-15-10-13-20-18(14-15)11-4-5-12-18/h1-3,6-7,15,17H,4-5,8-14H2. The molecule has 2 atom stereocenters. The molecule has 1 aromatic rings. The predicted octanol–water partition coefficient (Wildman–Crippen LogP) is 5.49. The maximum atomic E-state index is 6.55. The topological polar surface area (TPSA) is 9.23 Å². The molecule has 0 N–H and O–H groups in total. The Bertz CT molecular complexity index is 411. The van der Waals surface area contributed by atoms with Crippen LogP contribution in [0, 0.1) is 5.92 Å². The van der Waals surface area contributed by atoms with E-state index in [9.17, 15) is 0 Å². The van der Waals surface area contributed by atoms with Gasteiger partial charge in [-0.3, -0.25) is 0 Å². The first-order chi connectivity index (χ1) is 9.77. The average molecular weight is 293 g/mol. The summed E-state index contributed by atoms with van der Waals surface area (Å²) in [6.45, 7) is 0.961. The number of halogens is 1. The highest BCUT2D eigenvalue weighted by Crippen LogP contribution is 2.43. The fourth-order valence-electron chi connectivity index (χ4n) is 3.95. The molecule has 20 heavy (non-hydrogen) atoms. The molecule has 1 spiro atoms. The van der Waals surface area contributed by atoms with Crippen LogP contribution in [0.4, 0.5) is 0 Å². The molecule has 110 valence electrons.